The van der Waals surface area contributed by atoms with Crippen LogP contribution >= 0.6 is 0 Å². The first kappa shape index (κ1) is 15.9. The van der Waals surface area contributed by atoms with Crippen LogP contribution in [0.1, 0.15) is 81.9 Å². The fraction of sp³-hybridized carbons (Fsp3) is 0.696. The number of hydrogen-bond acceptors (Lipinski definition) is 2. The zero-order valence-electron chi connectivity index (χ0n) is 15.9. The van der Waals surface area contributed by atoms with Crippen molar-refractivity contribution in [1.29, 1.82) is 0 Å². The SMILES string of the molecule is CC1(C)CCOc2ccc3c(c21)CC[C@@H]1[C@@H]3CC[C@]2(C)C(=O)CC[C@@H]12. The van der Waals surface area contributed by atoms with E-state index in [-0.39, 0.29) is 10.8 Å². The molecule has 1 aromatic carbocycles. The molecule has 0 saturated heterocycles. The second-order valence-corrected chi connectivity index (χ2v) is 9.82. The fourth-order valence-electron chi connectivity index (χ4n) is 6.82. The molecule has 0 aromatic heterocycles. The van der Waals surface area contributed by atoms with Crippen LogP contribution in [0.15, 0.2) is 12.1 Å². The van der Waals surface area contributed by atoms with Crippen molar-refractivity contribution in [3.05, 3.63) is 28.8 Å². The van der Waals surface area contributed by atoms with E-state index in [1.165, 1.54) is 24.8 Å². The normalized spacial score (nSPS) is 38.2. The second kappa shape index (κ2) is 5.11. The molecule has 5 rings (SSSR count). The van der Waals surface area contributed by atoms with Crippen molar-refractivity contribution in [3.8, 4) is 5.75 Å². The number of benzene rings is 1. The molecule has 134 valence electrons. The van der Waals surface area contributed by atoms with Crippen LogP contribution in [0.4, 0.5) is 0 Å². The molecule has 4 aliphatic rings. The number of Topliss-reactive ketones (excluding diaryl/α,β-unsaturated/α-hetero) is 1. The lowest BCUT2D eigenvalue weighted by atomic mass is 9.55. The number of fused-ring (bicyclic) bond motifs is 7. The van der Waals surface area contributed by atoms with Gasteiger partial charge in [0.2, 0.25) is 0 Å². The molecule has 0 amide bonds. The first-order valence-electron chi connectivity index (χ1n) is 10.2. The first-order chi connectivity index (χ1) is 11.9. The lowest BCUT2D eigenvalue weighted by Crippen LogP contribution is -2.43. The highest BCUT2D eigenvalue weighted by atomic mass is 16.5. The molecule has 25 heavy (non-hydrogen) atoms. The Hall–Kier alpha value is -1.31. The van der Waals surface area contributed by atoms with Gasteiger partial charge >= 0.3 is 0 Å². The molecule has 3 aliphatic carbocycles. The van der Waals surface area contributed by atoms with Crippen molar-refractivity contribution in [2.75, 3.05) is 6.61 Å². The van der Waals surface area contributed by atoms with Gasteiger partial charge in [0, 0.05) is 17.4 Å². The lowest BCUT2D eigenvalue weighted by molar-refractivity contribution is -0.129. The van der Waals surface area contributed by atoms with Gasteiger partial charge in [-0.2, -0.15) is 0 Å². The Bertz CT molecular complexity index is 747. The Morgan fingerprint density at radius 1 is 1.04 bits per heavy atom. The average Bonchev–Trinajstić information content (AvgIpc) is 2.89. The Morgan fingerprint density at radius 3 is 2.72 bits per heavy atom. The summed E-state index contributed by atoms with van der Waals surface area (Å²) in [6.45, 7) is 7.87. The molecule has 0 radical (unpaired) electrons. The van der Waals surface area contributed by atoms with Crippen molar-refractivity contribution in [1.82, 2.24) is 0 Å². The standard InChI is InChI=1S/C23H30O2/c1-22(2)12-13-25-19-8-6-14-15-10-11-23(3)18(7-9-20(23)24)16(15)4-5-17(14)21(19)22/h6,8,15-16,18H,4-5,7,9-13H2,1-3H3/t15-,16-,18+,23+/m1/s1. The predicted octanol–water partition coefficient (Wildman–Crippen LogP) is 5.17. The largest absolute Gasteiger partial charge is 0.493 e. The first-order valence-corrected chi connectivity index (χ1v) is 10.2. The Balaban J connectivity index is 1.59. The van der Waals surface area contributed by atoms with E-state index in [9.17, 15) is 4.79 Å². The predicted molar refractivity (Wildman–Crippen MR) is 99.2 cm³/mol. The van der Waals surface area contributed by atoms with Crippen LogP contribution in [0.2, 0.25) is 0 Å². The highest BCUT2D eigenvalue weighted by Gasteiger charge is 2.55. The Morgan fingerprint density at radius 2 is 1.88 bits per heavy atom. The summed E-state index contributed by atoms with van der Waals surface area (Å²) in [4.78, 5) is 12.5. The van der Waals surface area contributed by atoms with Crippen LogP contribution in [-0.2, 0) is 16.6 Å². The minimum Gasteiger partial charge on any atom is -0.493 e. The molecular formula is C23H30O2. The Labute approximate surface area is 151 Å². The van der Waals surface area contributed by atoms with Gasteiger partial charge in [-0.05, 0) is 78.9 Å². The van der Waals surface area contributed by atoms with Crippen LogP contribution < -0.4 is 4.74 Å². The topological polar surface area (TPSA) is 26.3 Å². The van der Waals surface area contributed by atoms with Gasteiger partial charge in [-0.25, -0.2) is 0 Å². The van der Waals surface area contributed by atoms with Crippen LogP contribution in [0.5, 0.6) is 5.75 Å². The van der Waals surface area contributed by atoms with Crippen molar-refractivity contribution in [2.24, 2.45) is 17.3 Å². The van der Waals surface area contributed by atoms with E-state index in [1.54, 1.807) is 11.1 Å². The summed E-state index contributed by atoms with van der Waals surface area (Å²) in [6, 6.07) is 4.61. The molecule has 0 bridgehead atoms. The molecule has 2 fully saturated rings. The third kappa shape index (κ3) is 2.06. The number of ketones is 1. The number of ether oxygens (including phenoxy) is 1. The summed E-state index contributed by atoms with van der Waals surface area (Å²) >= 11 is 0. The zero-order valence-corrected chi connectivity index (χ0v) is 15.9. The van der Waals surface area contributed by atoms with Crippen LogP contribution in [0, 0.1) is 17.3 Å². The molecule has 1 aliphatic heterocycles. The summed E-state index contributed by atoms with van der Waals surface area (Å²) < 4.78 is 6.02. The van der Waals surface area contributed by atoms with E-state index >= 15 is 0 Å². The molecular weight excluding hydrogens is 308 g/mol. The maximum atomic E-state index is 12.5. The van der Waals surface area contributed by atoms with E-state index in [4.69, 9.17) is 4.74 Å². The summed E-state index contributed by atoms with van der Waals surface area (Å²) in [7, 11) is 0. The number of hydrogen-bond donors (Lipinski definition) is 0. The Kier molecular flexibility index (Phi) is 3.25. The van der Waals surface area contributed by atoms with Gasteiger partial charge in [0.15, 0.2) is 0 Å². The van der Waals surface area contributed by atoms with Gasteiger partial charge in [0.05, 0.1) is 6.61 Å². The van der Waals surface area contributed by atoms with E-state index in [0.29, 0.717) is 23.5 Å². The van der Waals surface area contributed by atoms with E-state index in [2.05, 4.69) is 32.9 Å². The van der Waals surface area contributed by atoms with Gasteiger partial charge in [0.1, 0.15) is 11.5 Å². The van der Waals surface area contributed by atoms with Crippen LogP contribution in [-0.4, -0.2) is 12.4 Å². The number of carbonyl (C=O) groups excluding carboxylic acids is 1. The number of carbonyl (C=O) groups is 1. The quantitative estimate of drug-likeness (QED) is 0.652. The van der Waals surface area contributed by atoms with Gasteiger partial charge in [0.25, 0.3) is 0 Å². The van der Waals surface area contributed by atoms with Crippen molar-refractivity contribution in [3.63, 3.8) is 0 Å². The average molecular weight is 338 g/mol. The molecule has 2 nitrogen and oxygen atoms in total. The number of rotatable bonds is 0. The third-order valence-electron chi connectivity index (χ3n) is 8.25. The van der Waals surface area contributed by atoms with Gasteiger partial charge in [-0.15, -0.1) is 0 Å². The molecule has 0 N–H and O–H groups in total. The summed E-state index contributed by atoms with van der Waals surface area (Å²) in [5, 5.41) is 0. The maximum absolute atomic E-state index is 12.5. The molecule has 1 heterocycles. The zero-order chi connectivity index (χ0) is 17.4. The van der Waals surface area contributed by atoms with Crippen molar-refractivity contribution < 1.29 is 9.53 Å². The fourth-order valence-corrected chi connectivity index (χ4v) is 6.82. The molecule has 2 heteroatoms. The monoisotopic (exact) mass is 338 g/mol. The summed E-state index contributed by atoms with van der Waals surface area (Å²) in [6.07, 6.45) is 7.78. The molecule has 4 atom stereocenters. The molecule has 2 saturated carbocycles. The van der Waals surface area contributed by atoms with E-state index < -0.39 is 0 Å². The van der Waals surface area contributed by atoms with E-state index in [0.717, 1.165) is 38.0 Å². The second-order valence-electron chi connectivity index (χ2n) is 9.82. The van der Waals surface area contributed by atoms with E-state index in [1.807, 2.05) is 0 Å². The summed E-state index contributed by atoms with van der Waals surface area (Å²) in [5.74, 6) is 3.66. The third-order valence-corrected chi connectivity index (χ3v) is 8.25. The van der Waals surface area contributed by atoms with Crippen LogP contribution in [0.25, 0.3) is 0 Å². The van der Waals surface area contributed by atoms with Gasteiger partial charge in [-0.3, -0.25) is 4.79 Å². The maximum Gasteiger partial charge on any atom is 0.139 e. The minimum atomic E-state index is -0.0186. The van der Waals surface area contributed by atoms with Gasteiger partial charge in [-0.1, -0.05) is 26.8 Å². The minimum absolute atomic E-state index is 0.0186. The summed E-state index contributed by atoms with van der Waals surface area (Å²) in [5.41, 5.74) is 4.88. The lowest BCUT2D eigenvalue weighted by Gasteiger charge is -2.49. The smallest absolute Gasteiger partial charge is 0.139 e. The highest BCUT2D eigenvalue weighted by molar-refractivity contribution is 5.87. The van der Waals surface area contributed by atoms with Crippen molar-refractivity contribution in [2.45, 2.75) is 77.0 Å². The molecule has 0 unspecified atom stereocenters. The molecule has 1 aromatic rings. The van der Waals surface area contributed by atoms with Gasteiger partial charge < -0.3 is 4.74 Å². The molecule has 0 spiro atoms. The van der Waals surface area contributed by atoms with Crippen molar-refractivity contribution >= 4 is 5.78 Å². The highest BCUT2D eigenvalue weighted by Crippen LogP contribution is 2.60. The van der Waals surface area contributed by atoms with Crippen LogP contribution in [0.3, 0.4) is 0 Å².